The van der Waals surface area contributed by atoms with Crippen LogP contribution in [0.1, 0.15) is 38.4 Å². The summed E-state index contributed by atoms with van der Waals surface area (Å²) in [5, 5.41) is 5.26. The number of rotatable bonds is 7. The van der Waals surface area contributed by atoms with Crippen molar-refractivity contribution in [3.05, 3.63) is 69.6 Å². The van der Waals surface area contributed by atoms with E-state index in [1.54, 1.807) is 17.6 Å². The van der Waals surface area contributed by atoms with E-state index in [9.17, 15) is 4.79 Å². The third-order valence-electron chi connectivity index (χ3n) is 5.53. The molecular formula is C22H27N3O3S. The Morgan fingerprint density at radius 2 is 2.07 bits per heavy atom. The maximum atomic E-state index is 13.0. The normalized spacial score (nSPS) is 16.1. The first-order chi connectivity index (χ1) is 14.1. The Kier molecular flexibility index (Phi) is 6.18. The maximum absolute atomic E-state index is 13.0. The van der Waals surface area contributed by atoms with Crippen LogP contribution in [0.4, 0.5) is 0 Å². The van der Waals surface area contributed by atoms with Gasteiger partial charge in [0, 0.05) is 35.9 Å². The molecule has 0 unspecified atom stereocenters. The highest BCUT2D eigenvalue weighted by molar-refractivity contribution is 7.10. The van der Waals surface area contributed by atoms with Crippen LogP contribution < -0.4 is 5.32 Å². The monoisotopic (exact) mass is 413 g/mol. The van der Waals surface area contributed by atoms with Crippen LogP contribution in [-0.2, 0) is 11.3 Å². The maximum Gasteiger partial charge on any atom is 0.253 e. The molecular weight excluding hydrogens is 386 g/mol. The van der Waals surface area contributed by atoms with Crippen molar-refractivity contribution < 1.29 is 13.9 Å². The molecule has 1 fully saturated rings. The van der Waals surface area contributed by atoms with E-state index in [-0.39, 0.29) is 11.9 Å². The van der Waals surface area contributed by atoms with Gasteiger partial charge in [-0.1, -0.05) is 6.07 Å². The summed E-state index contributed by atoms with van der Waals surface area (Å²) < 4.78 is 13.1. The fourth-order valence-corrected chi connectivity index (χ4v) is 4.76. The van der Waals surface area contributed by atoms with E-state index in [1.807, 2.05) is 32.0 Å². The van der Waals surface area contributed by atoms with Crippen LogP contribution in [0.2, 0.25) is 0 Å². The molecule has 0 saturated carbocycles. The number of aryl methyl sites for hydroxylation is 1. The van der Waals surface area contributed by atoms with Gasteiger partial charge in [-0.2, -0.15) is 0 Å². The Morgan fingerprint density at radius 1 is 1.24 bits per heavy atom. The van der Waals surface area contributed by atoms with Crippen LogP contribution in [0, 0.1) is 13.8 Å². The molecule has 0 bridgehead atoms. The molecule has 1 N–H and O–H groups in total. The lowest BCUT2D eigenvalue weighted by Crippen LogP contribution is -2.43. The first kappa shape index (κ1) is 19.9. The molecule has 3 aromatic heterocycles. The van der Waals surface area contributed by atoms with Crippen molar-refractivity contribution in [3.8, 4) is 0 Å². The van der Waals surface area contributed by atoms with Gasteiger partial charge in [0.2, 0.25) is 0 Å². The third kappa shape index (κ3) is 4.47. The Labute approximate surface area is 175 Å². The topological polar surface area (TPSA) is 59.6 Å². The van der Waals surface area contributed by atoms with Crippen molar-refractivity contribution in [1.29, 1.82) is 0 Å². The van der Waals surface area contributed by atoms with Gasteiger partial charge in [0.25, 0.3) is 5.91 Å². The summed E-state index contributed by atoms with van der Waals surface area (Å²) >= 11 is 1.74. The number of carbonyl (C=O) groups is 1. The molecule has 1 atom stereocenters. The van der Waals surface area contributed by atoms with E-state index in [0.717, 1.165) is 49.0 Å². The van der Waals surface area contributed by atoms with E-state index in [0.29, 0.717) is 13.1 Å². The molecule has 4 heterocycles. The predicted molar refractivity (Wildman–Crippen MR) is 114 cm³/mol. The fourth-order valence-electron chi connectivity index (χ4n) is 3.90. The quantitative estimate of drug-likeness (QED) is 0.643. The smallest absolute Gasteiger partial charge is 0.253 e. The van der Waals surface area contributed by atoms with Crippen molar-refractivity contribution in [2.24, 2.45) is 0 Å². The van der Waals surface area contributed by atoms with E-state index in [2.05, 4.69) is 32.3 Å². The molecule has 29 heavy (non-hydrogen) atoms. The molecule has 0 radical (unpaired) electrons. The molecule has 1 aliphatic rings. The first-order valence-electron chi connectivity index (χ1n) is 9.96. The molecule has 4 rings (SSSR count). The van der Waals surface area contributed by atoms with Crippen molar-refractivity contribution in [1.82, 2.24) is 14.8 Å². The number of nitrogens with one attached hydrogen (secondary N) is 1. The van der Waals surface area contributed by atoms with Gasteiger partial charge in [-0.25, -0.2) is 0 Å². The van der Waals surface area contributed by atoms with Gasteiger partial charge in [-0.15, -0.1) is 11.3 Å². The molecule has 1 amide bonds. The largest absolute Gasteiger partial charge is 0.467 e. The van der Waals surface area contributed by atoms with Crippen LogP contribution in [-0.4, -0.2) is 48.2 Å². The van der Waals surface area contributed by atoms with Gasteiger partial charge in [-0.05, 0) is 43.5 Å². The second-order valence-electron chi connectivity index (χ2n) is 7.34. The standard InChI is InChI=1S/C22H27N3O3S/c1-16-13-19(17(2)25(16)15-18-5-3-9-28-18)22(26)23-14-20(21-6-4-12-29-21)24-7-10-27-11-8-24/h3-6,9,12-13,20H,7-8,10-11,14-15H2,1-2H3,(H,23,26)/t20-/m1/s1. The summed E-state index contributed by atoms with van der Waals surface area (Å²) in [6, 6.07) is 10.2. The van der Waals surface area contributed by atoms with Crippen LogP contribution in [0.3, 0.4) is 0 Å². The number of amides is 1. The van der Waals surface area contributed by atoms with E-state index < -0.39 is 0 Å². The van der Waals surface area contributed by atoms with Crippen molar-refractivity contribution in [3.63, 3.8) is 0 Å². The van der Waals surface area contributed by atoms with Crippen LogP contribution >= 0.6 is 11.3 Å². The second-order valence-corrected chi connectivity index (χ2v) is 8.32. The third-order valence-corrected chi connectivity index (χ3v) is 6.50. The SMILES string of the molecule is Cc1cc(C(=O)NC[C@H](c2cccs2)N2CCOCC2)c(C)n1Cc1ccco1. The Hall–Kier alpha value is -2.35. The summed E-state index contributed by atoms with van der Waals surface area (Å²) in [4.78, 5) is 16.7. The molecule has 7 heteroatoms. The number of hydrogen-bond donors (Lipinski definition) is 1. The first-order valence-corrected chi connectivity index (χ1v) is 10.8. The summed E-state index contributed by atoms with van der Waals surface area (Å²) in [7, 11) is 0. The number of morpholine rings is 1. The average Bonchev–Trinajstić information content (AvgIpc) is 3.48. The highest BCUT2D eigenvalue weighted by atomic mass is 32.1. The summed E-state index contributed by atoms with van der Waals surface area (Å²) in [5.41, 5.74) is 2.73. The van der Waals surface area contributed by atoms with Gasteiger partial charge in [0.15, 0.2) is 0 Å². The zero-order valence-corrected chi connectivity index (χ0v) is 17.7. The zero-order chi connectivity index (χ0) is 20.2. The summed E-state index contributed by atoms with van der Waals surface area (Å²) in [6.45, 7) is 8.48. The Balaban J connectivity index is 1.47. The molecule has 0 spiro atoms. The van der Waals surface area contributed by atoms with Gasteiger partial charge in [0.05, 0.1) is 37.6 Å². The van der Waals surface area contributed by atoms with E-state index >= 15 is 0 Å². The van der Waals surface area contributed by atoms with Crippen molar-refractivity contribution in [2.75, 3.05) is 32.8 Å². The number of ether oxygens (including phenoxy) is 1. The minimum absolute atomic E-state index is 0.0291. The number of furan rings is 1. The molecule has 6 nitrogen and oxygen atoms in total. The van der Waals surface area contributed by atoms with E-state index in [1.165, 1.54) is 4.88 Å². The highest BCUT2D eigenvalue weighted by Gasteiger charge is 2.25. The molecule has 1 saturated heterocycles. The molecule has 154 valence electrons. The van der Waals surface area contributed by atoms with Crippen LogP contribution in [0.25, 0.3) is 0 Å². The number of hydrogen-bond acceptors (Lipinski definition) is 5. The Morgan fingerprint density at radius 3 is 2.76 bits per heavy atom. The lowest BCUT2D eigenvalue weighted by atomic mass is 10.1. The molecule has 1 aliphatic heterocycles. The van der Waals surface area contributed by atoms with Crippen LogP contribution in [0.15, 0.2) is 46.4 Å². The number of aromatic nitrogens is 1. The Bertz CT molecular complexity index is 925. The van der Waals surface area contributed by atoms with Gasteiger partial charge >= 0.3 is 0 Å². The highest BCUT2D eigenvalue weighted by Crippen LogP contribution is 2.26. The number of nitrogens with zero attached hydrogens (tertiary/aromatic N) is 2. The van der Waals surface area contributed by atoms with Gasteiger partial charge in [0.1, 0.15) is 5.76 Å². The number of thiophene rings is 1. The predicted octanol–water partition coefficient (Wildman–Crippen LogP) is 3.61. The summed E-state index contributed by atoms with van der Waals surface area (Å²) in [6.07, 6.45) is 1.67. The summed E-state index contributed by atoms with van der Waals surface area (Å²) in [5.74, 6) is 0.849. The van der Waals surface area contributed by atoms with Crippen molar-refractivity contribution in [2.45, 2.75) is 26.4 Å². The number of carbonyl (C=O) groups excluding carboxylic acids is 1. The van der Waals surface area contributed by atoms with E-state index in [4.69, 9.17) is 9.15 Å². The lowest BCUT2D eigenvalue weighted by molar-refractivity contribution is 0.0169. The van der Waals surface area contributed by atoms with Gasteiger partial charge < -0.3 is 19.0 Å². The van der Waals surface area contributed by atoms with Crippen molar-refractivity contribution >= 4 is 17.2 Å². The fraction of sp³-hybridized carbons (Fsp3) is 0.409. The second kappa shape index (κ2) is 8.98. The zero-order valence-electron chi connectivity index (χ0n) is 16.9. The molecule has 0 aromatic carbocycles. The average molecular weight is 414 g/mol. The van der Waals surface area contributed by atoms with Gasteiger partial charge in [-0.3, -0.25) is 9.69 Å². The molecule has 0 aliphatic carbocycles. The molecule has 3 aromatic rings. The minimum Gasteiger partial charge on any atom is -0.467 e. The minimum atomic E-state index is -0.0291. The lowest BCUT2D eigenvalue weighted by Gasteiger charge is -2.34. The van der Waals surface area contributed by atoms with Crippen LogP contribution in [0.5, 0.6) is 0 Å².